The fourth-order valence-corrected chi connectivity index (χ4v) is 3.53. The summed E-state index contributed by atoms with van der Waals surface area (Å²) in [5.41, 5.74) is 2.35. The second-order valence-corrected chi connectivity index (χ2v) is 7.10. The number of fused-ring (bicyclic) bond motifs is 1. The molecule has 0 N–H and O–H groups in total. The largest absolute Gasteiger partial charge is 0.488 e. The summed E-state index contributed by atoms with van der Waals surface area (Å²) in [6, 6.07) is 23.7. The molecule has 0 saturated carbocycles. The maximum Gasteiger partial charge on any atom is 0.211 e. The van der Waals surface area contributed by atoms with E-state index >= 15 is 0 Å². The summed E-state index contributed by atoms with van der Waals surface area (Å²) in [7, 11) is 0. The van der Waals surface area contributed by atoms with Gasteiger partial charge in [0.25, 0.3) is 0 Å². The van der Waals surface area contributed by atoms with Gasteiger partial charge in [-0.3, -0.25) is 4.79 Å². The van der Waals surface area contributed by atoms with Crippen molar-refractivity contribution in [1.29, 1.82) is 0 Å². The minimum atomic E-state index is -0.192. The standard InChI is InChI=1S/C23H15Cl2NO2/c24-17-11-18(25)22-19(12-17)26-20(23(27)16-9-5-2-6-10-16)13-21(22)28-14-15-7-3-1-4-8-15/h1-13H,14H2. The van der Waals surface area contributed by atoms with E-state index in [2.05, 4.69) is 4.98 Å². The zero-order chi connectivity index (χ0) is 19.5. The molecule has 0 aliphatic carbocycles. The molecule has 28 heavy (non-hydrogen) atoms. The fraction of sp³-hybridized carbons (Fsp3) is 0.0435. The molecular formula is C23H15Cl2NO2. The Morgan fingerprint density at radius 3 is 2.29 bits per heavy atom. The van der Waals surface area contributed by atoms with E-state index in [4.69, 9.17) is 27.9 Å². The van der Waals surface area contributed by atoms with E-state index in [-0.39, 0.29) is 11.5 Å². The molecule has 138 valence electrons. The van der Waals surface area contributed by atoms with Crippen LogP contribution in [-0.4, -0.2) is 10.8 Å². The van der Waals surface area contributed by atoms with Crippen molar-refractivity contribution in [2.75, 3.05) is 0 Å². The number of nitrogens with zero attached hydrogens (tertiary/aromatic N) is 1. The van der Waals surface area contributed by atoms with Crippen molar-refractivity contribution in [1.82, 2.24) is 4.98 Å². The number of hydrogen-bond donors (Lipinski definition) is 0. The topological polar surface area (TPSA) is 39.2 Å². The monoisotopic (exact) mass is 407 g/mol. The fourth-order valence-electron chi connectivity index (χ4n) is 2.95. The first-order valence-electron chi connectivity index (χ1n) is 8.68. The first-order chi connectivity index (χ1) is 13.6. The Kier molecular flexibility index (Phi) is 5.29. The van der Waals surface area contributed by atoms with Gasteiger partial charge in [0.1, 0.15) is 18.1 Å². The molecule has 5 heteroatoms. The summed E-state index contributed by atoms with van der Waals surface area (Å²) in [5.74, 6) is 0.304. The van der Waals surface area contributed by atoms with Gasteiger partial charge in [-0.2, -0.15) is 0 Å². The molecule has 0 fully saturated rings. The Balaban J connectivity index is 1.80. The predicted molar refractivity (Wildman–Crippen MR) is 112 cm³/mol. The molecule has 3 nitrogen and oxygen atoms in total. The molecule has 0 radical (unpaired) electrons. The average Bonchev–Trinajstić information content (AvgIpc) is 2.72. The van der Waals surface area contributed by atoms with Crippen LogP contribution < -0.4 is 4.74 Å². The normalized spacial score (nSPS) is 10.8. The number of benzene rings is 3. The average molecular weight is 408 g/mol. The lowest BCUT2D eigenvalue weighted by Gasteiger charge is -2.13. The summed E-state index contributed by atoms with van der Waals surface area (Å²) in [6.45, 7) is 0.345. The number of halogens is 2. The maximum atomic E-state index is 12.9. The molecule has 1 heterocycles. The number of carbonyl (C=O) groups excluding carboxylic acids is 1. The number of carbonyl (C=O) groups is 1. The highest BCUT2D eigenvalue weighted by Gasteiger charge is 2.17. The van der Waals surface area contributed by atoms with Gasteiger partial charge in [0, 0.05) is 16.7 Å². The molecule has 0 bridgehead atoms. The van der Waals surface area contributed by atoms with Crippen molar-refractivity contribution in [2.45, 2.75) is 6.61 Å². The SMILES string of the molecule is O=C(c1ccccc1)c1cc(OCc2ccccc2)c2c(Cl)cc(Cl)cc2n1. The Bertz CT molecular complexity index is 1150. The van der Waals surface area contributed by atoms with E-state index in [1.165, 1.54) is 0 Å². The van der Waals surface area contributed by atoms with Crippen LogP contribution in [0.25, 0.3) is 10.9 Å². The first kappa shape index (κ1) is 18.5. The first-order valence-corrected chi connectivity index (χ1v) is 9.44. The summed E-state index contributed by atoms with van der Waals surface area (Å²) in [6.07, 6.45) is 0. The van der Waals surface area contributed by atoms with Crippen molar-refractivity contribution in [3.63, 3.8) is 0 Å². The van der Waals surface area contributed by atoms with Crippen LogP contribution in [0.5, 0.6) is 5.75 Å². The molecule has 0 aliphatic rings. The van der Waals surface area contributed by atoms with Gasteiger partial charge in [-0.25, -0.2) is 4.98 Å². The second kappa shape index (κ2) is 8.01. The van der Waals surface area contributed by atoms with Crippen LogP contribution >= 0.6 is 23.2 Å². The Labute approximate surface area is 172 Å². The minimum absolute atomic E-state index is 0.192. The van der Waals surface area contributed by atoms with Gasteiger partial charge in [-0.1, -0.05) is 83.9 Å². The quantitative estimate of drug-likeness (QED) is 0.361. The van der Waals surface area contributed by atoms with Crippen molar-refractivity contribution < 1.29 is 9.53 Å². The van der Waals surface area contributed by atoms with Crippen LogP contribution in [0.4, 0.5) is 0 Å². The highest BCUT2D eigenvalue weighted by Crippen LogP contribution is 2.35. The van der Waals surface area contributed by atoms with E-state index in [1.807, 2.05) is 48.5 Å². The lowest BCUT2D eigenvalue weighted by molar-refractivity contribution is 0.103. The van der Waals surface area contributed by atoms with Crippen LogP contribution in [-0.2, 0) is 6.61 Å². The molecule has 0 unspecified atom stereocenters. The number of rotatable bonds is 5. The molecule has 3 aromatic carbocycles. The Morgan fingerprint density at radius 2 is 1.57 bits per heavy atom. The zero-order valence-electron chi connectivity index (χ0n) is 14.7. The molecule has 4 aromatic rings. The van der Waals surface area contributed by atoms with Crippen LogP contribution in [0, 0.1) is 0 Å². The van der Waals surface area contributed by atoms with Gasteiger partial charge < -0.3 is 4.74 Å². The maximum absolute atomic E-state index is 12.9. The van der Waals surface area contributed by atoms with E-state index < -0.39 is 0 Å². The summed E-state index contributed by atoms with van der Waals surface area (Å²) >= 11 is 12.6. The summed E-state index contributed by atoms with van der Waals surface area (Å²) in [4.78, 5) is 17.4. The van der Waals surface area contributed by atoms with Crippen LogP contribution in [0.3, 0.4) is 0 Å². The molecule has 0 saturated heterocycles. The molecule has 0 aliphatic heterocycles. The third-order valence-corrected chi connectivity index (χ3v) is 4.81. The van der Waals surface area contributed by atoms with Crippen LogP contribution in [0.2, 0.25) is 10.0 Å². The number of pyridine rings is 1. The molecule has 4 rings (SSSR count). The molecule has 0 amide bonds. The van der Waals surface area contributed by atoms with E-state index in [0.717, 1.165) is 5.56 Å². The lowest BCUT2D eigenvalue weighted by atomic mass is 10.1. The van der Waals surface area contributed by atoms with Gasteiger partial charge >= 0.3 is 0 Å². The number of hydrogen-bond acceptors (Lipinski definition) is 3. The van der Waals surface area contributed by atoms with Crippen LogP contribution in [0.1, 0.15) is 21.6 Å². The van der Waals surface area contributed by atoms with Gasteiger partial charge in [0.2, 0.25) is 5.78 Å². The van der Waals surface area contributed by atoms with Crippen molar-refractivity contribution >= 4 is 39.9 Å². The third kappa shape index (κ3) is 3.86. The Morgan fingerprint density at radius 1 is 0.893 bits per heavy atom. The van der Waals surface area contributed by atoms with Crippen molar-refractivity contribution in [2.24, 2.45) is 0 Å². The van der Waals surface area contributed by atoms with Crippen molar-refractivity contribution in [3.8, 4) is 5.75 Å². The molecule has 1 aromatic heterocycles. The lowest BCUT2D eigenvalue weighted by Crippen LogP contribution is -2.06. The predicted octanol–water partition coefficient (Wildman–Crippen LogP) is 6.35. The number of aromatic nitrogens is 1. The molecular weight excluding hydrogens is 393 g/mol. The molecule has 0 spiro atoms. The third-order valence-electron chi connectivity index (χ3n) is 4.30. The van der Waals surface area contributed by atoms with Gasteiger partial charge in [-0.15, -0.1) is 0 Å². The summed E-state index contributed by atoms with van der Waals surface area (Å²) < 4.78 is 6.03. The van der Waals surface area contributed by atoms with Gasteiger partial charge in [0.05, 0.1) is 15.9 Å². The van der Waals surface area contributed by atoms with Gasteiger partial charge in [0.15, 0.2) is 0 Å². The number of ketones is 1. The molecule has 0 atom stereocenters. The minimum Gasteiger partial charge on any atom is -0.488 e. The van der Waals surface area contributed by atoms with E-state index in [1.54, 1.807) is 30.3 Å². The highest BCUT2D eigenvalue weighted by atomic mass is 35.5. The van der Waals surface area contributed by atoms with Crippen molar-refractivity contribution in [3.05, 3.63) is 106 Å². The number of ether oxygens (including phenoxy) is 1. The van der Waals surface area contributed by atoms with Gasteiger partial charge in [-0.05, 0) is 17.7 Å². The smallest absolute Gasteiger partial charge is 0.211 e. The highest BCUT2D eigenvalue weighted by molar-refractivity contribution is 6.39. The summed E-state index contributed by atoms with van der Waals surface area (Å²) in [5, 5.41) is 1.51. The Hall–Kier alpha value is -2.88. The van der Waals surface area contributed by atoms with E-state index in [0.29, 0.717) is 38.9 Å². The van der Waals surface area contributed by atoms with E-state index in [9.17, 15) is 4.79 Å². The zero-order valence-corrected chi connectivity index (χ0v) is 16.2. The van der Waals surface area contributed by atoms with Crippen LogP contribution in [0.15, 0.2) is 78.9 Å². The second-order valence-electron chi connectivity index (χ2n) is 6.26.